The first kappa shape index (κ1) is 20.9. The first-order chi connectivity index (χ1) is 12.4. The van der Waals surface area contributed by atoms with Gasteiger partial charge in [0.1, 0.15) is 19.1 Å². The normalized spacial score (nSPS) is 24.9. The van der Waals surface area contributed by atoms with Crippen molar-refractivity contribution in [2.24, 2.45) is 5.92 Å². The Labute approximate surface area is 158 Å². The van der Waals surface area contributed by atoms with Gasteiger partial charge in [0, 0.05) is 0 Å². The van der Waals surface area contributed by atoms with Crippen molar-refractivity contribution in [1.82, 2.24) is 0 Å². The van der Waals surface area contributed by atoms with Crippen molar-refractivity contribution in [3.8, 4) is 0 Å². The van der Waals surface area contributed by atoms with Crippen LogP contribution in [0.25, 0.3) is 0 Å². The van der Waals surface area contributed by atoms with E-state index in [0.29, 0.717) is 13.0 Å². The summed E-state index contributed by atoms with van der Waals surface area (Å²) >= 11 is 0. The lowest BCUT2D eigenvalue weighted by atomic mass is 9.67. The van der Waals surface area contributed by atoms with E-state index in [1.54, 1.807) is 0 Å². The maximum absolute atomic E-state index is 13.1. The van der Waals surface area contributed by atoms with Crippen molar-refractivity contribution in [3.63, 3.8) is 0 Å². The molecule has 1 aliphatic rings. The zero-order valence-corrected chi connectivity index (χ0v) is 16.9. The molecule has 0 aromatic heterocycles. The molecule has 0 heterocycles. The molecule has 0 amide bonds. The first-order valence-electron chi connectivity index (χ1n) is 10.1. The molecule has 0 radical (unpaired) electrons. The smallest absolute Gasteiger partial charge is 0.316 e. The van der Waals surface area contributed by atoms with Gasteiger partial charge in [-0.3, -0.25) is 4.79 Å². The highest BCUT2D eigenvalue weighted by Crippen LogP contribution is 2.44. The van der Waals surface area contributed by atoms with Crippen molar-refractivity contribution < 1.29 is 19.1 Å². The maximum Gasteiger partial charge on any atom is 0.316 e. The van der Waals surface area contributed by atoms with Crippen LogP contribution in [0.2, 0.25) is 0 Å². The van der Waals surface area contributed by atoms with Gasteiger partial charge < -0.3 is 14.3 Å². The zero-order valence-electron chi connectivity index (χ0n) is 16.9. The van der Waals surface area contributed by atoms with Crippen molar-refractivity contribution in [3.05, 3.63) is 35.9 Å². The van der Waals surface area contributed by atoms with E-state index in [1.165, 1.54) is 0 Å². The maximum atomic E-state index is 13.1. The second-order valence-electron chi connectivity index (χ2n) is 8.12. The number of ether oxygens (including phenoxy) is 1. The molecule has 1 saturated carbocycles. The molecule has 146 valence electrons. The number of hydrogen-bond acceptors (Lipinski definition) is 3. The Balaban J connectivity index is 2.18. The van der Waals surface area contributed by atoms with Crippen LogP contribution in [-0.4, -0.2) is 54.4 Å². The Morgan fingerprint density at radius 1 is 1.27 bits per heavy atom. The number of benzene rings is 1. The average molecular weight is 363 g/mol. The average Bonchev–Trinajstić information content (AvgIpc) is 2.65. The first-order valence-corrected chi connectivity index (χ1v) is 10.1. The minimum Gasteiger partial charge on any atom is -0.459 e. The lowest BCUT2D eigenvalue weighted by molar-refractivity contribution is -0.906. The summed E-state index contributed by atoms with van der Waals surface area (Å²) in [5, 5.41) is 11.5. The van der Waals surface area contributed by atoms with E-state index in [4.69, 9.17) is 4.74 Å². The molecule has 1 aromatic carbocycles. The van der Waals surface area contributed by atoms with Crippen LogP contribution < -0.4 is 0 Å². The number of quaternary nitrogens is 1. The van der Waals surface area contributed by atoms with E-state index in [0.717, 1.165) is 48.9 Å². The molecular weight excluding hydrogens is 326 g/mol. The van der Waals surface area contributed by atoms with Crippen molar-refractivity contribution >= 4 is 5.97 Å². The van der Waals surface area contributed by atoms with Crippen molar-refractivity contribution in [2.75, 3.05) is 33.3 Å². The SMILES string of the molecule is CC[N+](C)(CC)CCOC(=O)C(c1ccccc1)C1(O)CCCCC1C. The summed E-state index contributed by atoms with van der Waals surface area (Å²) in [6.07, 6.45) is 3.68. The van der Waals surface area contributed by atoms with Gasteiger partial charge in [-0.15, -0.1) is 0 Å². The third kappa shape index (κ3) is 4.66. The Bertz CT molecular complexity index is 570. The fraction of sp³-hybridized carbons (Fsp3) is 0.682. The van der Waals surface area contributed by atoms with Gasteiger partial charge in [-0.25, -0.2) is 0 Å². The predicted molar refractivity (Wildman–Crippen MR) is 105 cm³/mol. The van der Waals surface area contributed by atoms with Crippen molar-refractivity contribution in [2.45, 2.75) is 58.0 Å². The van der Waals surface area contributed by atoms with Crippen LogP contribution in [0.15, 0.2) is 30.3 Å². The van der Waals surface area contributed by atoms with Gasteiger partial charge in [0.2, 0.25) is 0 Å². The number of carbonyl (C=O) groups is 1. The molecular formula is C22H36NO3+. The van der Waals surface area contributed by atoms with Crippen LogP contribution in [0.3, 0.4) is 0 Å². The van der Waals surface area contributed by atoms with E-state index in [2.05, 4.69) is 27.8 Å². The van der Waals surface area contributed by atoms with Gasteiger partial charge in [-0.05, 0) is 38.2 Å². The minimum atomic E-state index is -1.02. The lowest BCUT2D eigenvalue weighted by Crippen LogP contribution is -2.49. The second-order valence-corrected chi connectivity index (χ2v) is 8.12. The standard InChI is InChI=1S/C22H36NO3/c1-5-23(4,6-2)16-17-26-21(24)20(19-13-8-7-9-14-19)22(25)15-11-10-12-18(22)3/h7-9,13-14,18,20,25H,5-6,10-12,15-17H2,1-4H3/q+1. The summed E-state index contributed by atoms with van der Waals surface area (Å²) in [7, 11) is 2.18. The summed E-state index contributed by atoms with van der Waals surface area (Å²) in [5.74, 6) is -0.812. The van der Waals surface area contributed by atoms with Crippen LogP contribution in [-0.2, 0) is 9.53 Å². The lowest BCUT2D eigenvalue weighted by Gasteiger charge is -2.43. The molecule has 0 saturated heterocycles. The fourth-order valence-electron chi connectivity index (χ4n) is 4.05. The Kier molecular flexibility index (Phi) is 7.24. The largest absolute Gasteiger partial charge is 0.459 e. The van der Waals surface area contributed by atoms with Crippen LogP contribution >= 0.6 is 0 Å². The summed E-state index contributed by atoms with van der Waals surface area (Å²) in [6.45, 7) is 9.59. The van der Waals surface area contributed by atoms with Gasteiger partial charge in [0.15, 0.2) is 0 Å². The molecule has 26 heavy (non-hydrogen) atoms. The molecule has 1 fully saturated rings. The van der Waals surface area contributed by atoms with E-state index in [1.807, 2.05) is 30.3 Å². The molecule has 2 rings (SSSR count). The molecule has 0 bridgehead atoms. The van der Waals surface area contributed by atoms with E-state index in [-0.39, 0.29) is 11.9 Å². The Morgan fingerprint density at radius 3 is 2.50 bits per heavy atom. The molecule has 1 aromatic rings. The molecule has 3 unspecified atom stereocenters. The number of carbonyl (C=O) groups excluding carboxylic acids is 1. The number of nitrogens with zero attached hydrogens (tertiary/aromatic N) is 1. The van der Waals surface area contributed by atoms with Gasteiger partial charge >= 0.3 is 5.97 Å². The number of likely N-dealkylation sites (N-methyl/N-ethyl adjacent to an activating group) is 1. The van der Waals surface area contributed by atoms with E-state index >= 15 is 0 Å². The highest BCUT2D eigenvalue weighted by molar-refractivity contribution is 5.80. The van der Waals surface area contributed by atoms with E-state index in [9.17, 15) is 9.90 Å². The molecule has 0 spiro atoms. The van der Waals surface area contributed by atoms with E-state index < -0.39 is 11.5 Å². The molecule has 1 N–H and O–H groups in total. The van der Waals surface area contributed by atoms with Crippen molar-refractivity contribution in [1.29, 1.82) is 0 Å². The van der Waals surface area contributed by atoms with Gasteiger partial charge in [-0.2, -0.15) is 0 Å². The van der Waals surface area contributed by atoms with Gasteiger partial charge in [-0.1, -0.05) is 50.1 Å². The van der Waals surface area contributed by atoms with Crippen LogP contribution in [0.4, 0.5) is 0 Å². The number of hydrogen-bond donors (Lipinski definition) is 1. The quantitative estimate of drug-likeness (QED) is 0.566. The van der Waals surface area contributed by atoms with Crippen LogP contribution in [0.1, 0.15) is 57.9 Å². The Morgan fingerprint density at radius 2 is 1.92 bits per heavy atom. The Hall–Kier alpha value is -1.39. The third-order valence-corrected chi connectivity index (χ3v) is 6.59. The molecule has 1 aliphatic carbocycles. The molecule has 3 atom stereocenters. The highest BCUT2D eigenvalue weighted by Gasteiger charge is 2.48. The fourth-order valence-corrected chi connectivity index (χ4v) is 4.05. The highest BCUT2D eigenvalue weighted by atomic mass is 16.5. The summed E-state index contributed by atoms with van der Waals surface area (Å²) in [6, 6.07) is 9.65. The van der Waals surface area contributed by atoms with Gasteiger partial charge in [0.05, 0.1) is 25.7 Å². The topological polar surface area (TPSA) is 46.5 Å². The summed E-state index contributed by atoms with van der Waals surface area (Å²) < 4.78 is 6.59. The number of esters is 1. The summed E-state index contributed by atoms with van der Waals surface area (Å²) in [4.78, 5) is 13.1. The summed E-state index contributed by atoms with van der Waals surface area (Å²) in [5.41, 5.74) is -0.165. The monoisotopic (exact) mass is 362 g/mol. The number of aliphatic hydroxyl groups is 1. The molecule has 0 aliphatic heterocycles. The van der Waals surface area contributed by atoms with Gasteiger partial charge in [0.25, 0.3) is 0 Å². The molecule has 4 nitrogen and oxygen atoms in total. The molecule has 4 heteroatoms. The second kappa shape index (κ2) is 9.01. The third-order valence-electron chi connectivity index (χ3n) is 6.59. The van der Waals surface area contributed by atoms with Crippen LogP contribution in [0, 0.1) is 5.92 Å². The predicted octanol–water partition coefficient (Wildman–Crippen LogP) is 3.74. The minimum absolute atomic E-state index is 0.0846. The van der Waals surface area contributed by atoms with Crippen LogP contribution in [0.5, 0.6) is 0 Å². The number of rotatable bonds is 8. The zero-order chi connectivity index (χ0) is 19.2.